The van der Waals surface area contributed by atoms with Crippen molar-refractivity contribution in [2.75, 3.05) is 6.61 Å². The number of rotatable bonds is 4. The molecule has 0 radical (unpaired) electrons. The second kappa shape index (κ2) is 7.11. The number of hydrogen-bond acceptors (Lipinski definition) is 5. The third kappa shape index (κ3) is 3.36. The van der Waals surface area contributed by atoms with Gasteiger partial charge in [-0.3, -0.25) is 0 Å². The third-order valence-corrected chi connectivity index (χ3v) is 4.57. The summed E-state index contributed by atoms with van der Waals surface area (Å²) < 4.78 is 8.65. The second-order valence-electron chi connectivity index (χ2n) is 5.08. The lowest BCUT2D eigenvalue weighted by Gasteiger charge is -2.02. The van der Waals surface area contributed by atoms with Crippen LogP contribution >= 0.6 is 11.3 Å². The second-order valence-corrected chi connectivity index (χ2v) is 6.09. The normalized spacial score (nSPS) is 12.0. The molecule has 0 aliphatic carbocycles. The topological polar surface area (TPSA) is 62.7 Å². The Labute approximate surface area is 143 Å². The van der Waals surface area contributed by atoms with Crippen molar-refractivity contribution in [3.63, 3.8) is 0 Å². The first kappa shape index (κ1) is 16.0. The van der Waals surface area contributed by atoms with Gasteiger partial charge >= 0.3 is 0 Å². The van der Waals surface area contributed by atoms with Gasteiger partial charge in [0, 0.05) is 7.05 Å². The van der Waals surface area contributed by atoms with Gasteiger partial charge in [-0.05, 0) is 42.8 Å². The quantitative estimate of drug-likeness (QED) is 0.541. The van der Waals surface area contributed by atoms with Crippen molar-refractivity contribution < 1.29 is 4.74 Å². The molecule has 3 aromatic rings. The van der Waals surface area contributed by atoms with Gasteiger partial charge in [0.25, 0.3) is 0 Å². The number of ether oxygens (including phenoxy) is 1. The highest BCUT2D eigenvalue weighted by atomic mass is 32.1. The fraction of sp³-hybridized carbons (Fsp3) is 0.167. The Hall–Kier alpha value is -2.91. The fourth-order valence-corrected chi connectivity index (χ4v) is 3.26. The summed E-state index contributed by atoms with van der Waals surface area (Å²) in [4.78, 5) is 0.809. The molecule has 0 unspecified atom stereocenters. The Morgan fingerprint density at radius 1 is 1.25 bits per heavy atom. The summed E-state index contributed by atoms with van der Waals surface area (Å²) in [6, 6.07) is 15.3. The maximum atomic E-state index is 8.79. The lowest BCUT2D eigenvalue weighted by atomic mass is 10.2. The average Bonchev–Trinajstić information content (AvgIpc) is 2.91. The molecule has 0 aliphatic heterocycles. The van der Waals surface area contributed by atoms with E-state index in [1.165, 1.54) is 0 Å². The molecule has 0 atom stereocenters. The summed E-state index contributed by atoms with van der Waals surface area (Å²) in [7, 11) is 1.97. The van der Waals surface area contributed by atoms with E-state index in [-0.39, 0.29) is 0 Å². The van der Waals surface area contributed by atoms with Crippen LogP contribution in [0.15, 0.2) is 52.7 Å². The average molecular weight is 336 g/mol. The third-order valence-electron chi connectivity index (χ3n) is 3.48. The maximum Gasteiger partial charge on any atom is 0.211 e. The van der Waals surface area contributed by atoms with Crippen LogP contribution in [0.2, 0.25) is 0 Å². The largest absolute Gasteiger partial charge is 0.494 e. The SMILES string of the molecule is CCOc1ccc2c(c1)s/c(=N\N=C\c1ccc(C#N)cc1)n2C. The molecule has 0 saturated carbocycles. The fourth-order valence-electron chi connectivity index (χ4n) is 2.26. The van der Waals surface area contributed by atoms with Crippen molar-refractivity contribution in [2.24, 2.45) is 17.3 Å². The molecule has 0 amide bonds. The van der Waals surface area contributed by atoms with Gasteiger partial charge in [-0.25, -0.2) is 0 Å². The molecular weight excluding hydrogens is 320 g/mol. The van der Waals surface area contributed by atoms with Gasteiger partial charge in [0.2, 0.25) is 4.80 Å². The van der Waals surface area contributed by atoms with E-state index in [0.717, 1.165) is 26.3 Å². The Kier molecular flexibility index (Phi) is 4.73. The minimum Gasteiger partial charge on any atom is -0.494 e. The van der Waals surface area contributed by atoms with E-state index in [9.17, 15) is 0 Å². The number of aryl methyl sites for hydroxylation is 1. The van der Waals surface area contributed by atoms with E-state index in [4.69, 9.17) is 10.00 Å². The Balaban J connectivity index is 1.90. The molecule has 0 spiro atoms. The summed E-state index contributed by atoms with van der Waals surface area (Å²) in [5.41, 5.74) is 2.63. The van der Waals surface area contributed by atoms with Gasteiger partial charge in [-0.2, -0.15) is 10.4 Å². The van der Waals surface area contributed by atoms with Crippen LogP contribution in [0.4, 0.5) is 0 Å². The van der Waals surface area contributed by atoms with Gasteiger partial charge < -0.3 is 9.30 Å². The van der Waals surface area contributed by atoms with Crippen molar-refractivity contribution in [1.82, 2.24) is 4.57 Å². The predicted octanol–water partition coefficient (Wildman–Crippen LogP) is 3.44. The zero-order valence-corrected chi connectivity index (χ0v) is 14.2. The highest BCUT2D eigenvalue weighted by Gasteiger charge is 2.04. The molecule has 0 bridgehead atoms. The van der Waals surface area contributed by atoms with Gasteiger partial charge in [-0.15, -0.1) is 5.10 Å². The maximum absolute atomic E-state index is 8.79. The van der Waals surface area contributed by atoms with Gasteiger partial charge in [0.05, 0.1) is 34.7 Å². The first-order chi connectivity index (χ1) is 11.7. The van der Waals surface area contributed by atoms with Crippen LogP contribution in [0.3, 0.4) is 0 Å². The van der Waals surface area contributed by atoms with E-state index >= 15 is 0 Å². The van der Waals surface area contributed by atoms with Crippen LogP contribution in [0, 0.1) is 11.3 Å². The number of nitrogens with zero attached hydrogens (tertiary/aromatic N) is 4. The van der Waals surface area contributed by atoms with Crippen molar-refractivity contribution in [3.05, 3.63) is 58.4 Å². The molecule has 5 nitrogen and oxygen atoms in total. The van der Waals surface area contributed by atoms with E-state index in [2.05, 4.69) is 16.3 Å². The monoisotopic (exact) mass is 336 g/mol. The molecule has 6 heteroatoms. The van der Waals surface area contributed by atoms with E-state index in [0.29, 0.717) is 12.2 Å². The number of fused-ring (bicyclic) bond motifs is 1. The van der Waals surface area contributed by atoms with Crippen LogP contribution in [0.1, 0.15) is 18.1 Å². The van der Waals surface area contributed by atoms with Gasteiger partial charge in [0.1, 0.15) is 5.75 Å². The number of hydrogen-bond donors (Lipinski definition) is 0. The summed E-state index contributed by atoms with van der Waals surface area (Å²) in [6.45, 7) is 2.62. The Bertz CT molecular complexity index is 991. The molecule has 0 fully saturated rings. The van der Waals surface area contributed by atoms with Crippen molar-refractivity contribution in [1.29, 1.82) is 5.26 Å². The first-order valence-electron chi connectivity index (χ1n) is 7.51. The first-order valence-corrected chi connectivity index (χ1v) is 8.32. The highest BCUT2D eigenvalue weighted by Crippen LogP contribution is 2.22. The predicted molar refractivity (Wildman–Crippen MR) is 96.3 cm³/mol. The Morgan fingerprint density at radius 3 is 2.75 bits per heavy atom. The molecule has 0 N–H and O–H groups in total. The molecule has 0 aliphatic rings. The molecule has 120 valence electrons. The van der Waals surface area contributed by atoms with Crippen molar-refractivity contribution in [3.8, 4) is 11.8 Å². The van der Waals surface area contributed by atoms with E-state index < -0.39 is 0 Å². The number of thiazole rings is 1. The number of aromatic nitrogens is 1. The van der Waals surface area contributed by atoms with Gasteiger partial charge in [-0.1, -0.05) is 23.5 Å². The van der Waals surface area contributed by atoms with Crippen molar-refractivity contribution in [2.45, 2.75) is 6.92 Å². The smallest absolute Gasteiger partial charge is 0.211 e. The Morgan fingerprint density at radius 2 is 2.04 bits per heavy atom. The van der Waals surface area contributed by atoms with Crippen LogP contribution < -0.4 is 9.54 Å². The molecule has 2 aromatic carbocycles. The lowest BCUT2D eigenvalue weighted by molar-refractivity contribution is 0.341. The highest BCUT2D eigenvalue weighted by molar-refractivity contribution is 7.16. The summed E-state index contributed by atoms with van der Waals surface area (Å²) in [5, 5.41) is 17.3. The molecule has 1 aromatic heterocycles. The van der Waals surface area contributed by atoms with Crippen molar-refractivity contribution >= 4 is 27.8 Å². The molecule has 24 heavy (non-hydrogen) atoms. The van der Waals surface area contributed by atoms with Crippen LogP contribution in [-0.2, 0) is 7.05 Å². The van der Waals surface area contributed by atoms with Gasteiger partial charge in [0.15, 0.2) is 0 Å². The van der Waals surface area contributed by atoms with Crippen LogP contribution in [0.25, 0.3) is 10.2 Å². The van der Waals surface area contributed by atoms with E-state index in [1.54, 1.807) is 29.7 Å². The number of nitriles is 1. The van der Waals surface area contributed by atoms with E-state index in [1.807, 2.05) is 48.9 Å². The minimum absolute atomic E-state index is 0.630. The molecule has 0 saturated heterocycles. The molecule has 3 rings (SSSR count). The minimum atomic E-state index is 0.630. The standard InChI is InChI=1S/C18H16N4OS/c1-3-23-15-8-9-16-17(10-15)24-18(22(16)2)21-20-12-14-6-4-13(11-19)5-7-14/h4-10,12H,3H2,1-2H3/b20-12+,21-18-. The zero-order chi connectivity index (χ0) is 16.9. The van der Waals surface area contributed by atoms with Crippen LogP contribution in [-0.4, -0.2) is 17.4 Å². The summed E-state index contributed by atoms with van der Waals surface area (Å²) >= 11 is 1.56. The summed E-state index contributed by atoms with van der Waals surface area (Å²) in [5.74, 6) is 0.861. The molecule has 1 heterocycles. The number of benzene rings is 2. The zero-order valence-electron chi connectivity index (χ0n) is 13.4. The van der Waals surface area contributed by atoms with Crippen LogP contribution in [0.5, 0.6) is 5.75 Å². The summed E-state index contributed by atoms with van der Waals surface area (Å²) in [6.07, 6.45) is 1.68. The lowest BCUT2D eigenvalue weighted by Crippen LogP contribution is -2.08. The molecular formula is C18H16N4OS.